The zero-order valence-electron chi connectivity index (χ0n) is 15.8. The van der Waals surface area contributed by atoms with E-state index in [0.717, 1.165) is 11.3 Å². The normalized spacial score (nSPS) is 11.6. The van der Waals surface area contributed by atoms with E-state index in [1.807, 2.05) is 38.1 Å². The molecule has 0 heterocycles. The summed E-state index contributed by atoms with van der Waals surface area (Å²) in [7, 11) is -3.52. The van der Waals surface area contributed by atoms with E-state index in [-0.39, 0.29) is 10.8 Å². The molecule has 0 aliphatic carbocycles. The first kappa shape index (κ1) is 20.1. The fraction of sp³-hybridized carbons (Fsp3) is 0.350. The number of aryl methyl sites for hydroxylation is 1. The molecule has 0 bridgehead atoms. The highest BCUT2D eigenvalue weighted by Crippen LogP contribution is 2.22. The Labute approximate surface area is 156 Å². The van der Waals surface area contributed by atoms with Gasteiger partial charge < -0.3 is 4.90 Å². The Morgan fingerprint density at radius 2 is 1.46 bits per heavy atom. The molecule has 0 spiro atoms. The van der Waals surface area contributed by atoms with Crippen LogP contribution in [0.5, 0.6) is 0 Å². The van der Waals surface area contributed by atoms with Gasteiger partial charge in [0.15, 0.2) is 0 Å². The minimum atomic E-state index is -3.52. The highest BCUT2D eigenvalue weighted by Gasteiger charge is 2.23. The predicted octanol–water partition coefficient (Wildman–Crippen LogP) is 3.69. The number of carbonyl (C=O) groups excluding carboxylic acids is 1. The second-order valence-electron chi connectivity index (χ2n) is 5.95. The zero-order chi connectivity index (χ0) is 19.3. The van der Waals surface area contributed by atoms with Gasteiger partial charge >= 0.3 is 0 Å². The molecule has 0 atom stereocenters. The number of hydrogen-bond donors (Lipinski definition) is 0. The monoisotopic (exact) mass is 374 g/mol. The van der Waals surface area contributed by atoms with Crippen molar-refractivity contribution in [3.05, 3.63) is 59.7 Å². The maximum Gasteiger partial charge on any atom is 0.258 e. The summed E-state index contributed by atoms with van der Waals surface area (Å²) < 4.78 is 26.5. The standard InChI is InChI=1S/C20H26N2O3S/c1-5-21(6-2)26(24,25)18-14-12-17(13-15-18)20(23)22(7-3)19-11-9-8-10-16(19)4/h8-15H,5-7H2,1-4H3. The molecule has 2 aromatic carbocycles. The Morgan fingerprint density at radius 3 is 1.96 bits per heavy atom. The van der Waals surface area contributed by atoms with Crippen molar-refractivity contribution in [1.82, 2.24) is 4.31 Å². The molecule has 2 rings (SSSR count). The Balaban J connectivity index is 2.33. The predicted molar refractivity (Wildman–Crippen MR) is 105 cm³/mol. The molecular formula is C20H26N2O3S. The molecule has 140 valence electrons. The van der Waals surface area contributed by atoms with Crippen molar-refractivity contribution in [3.63, 3.8) is 0 Å². The van der Waals surface area contributed by atoms with Crippen LogP contribution in [-0.4, -0.2) is 38.3 Å². The summed E-state index contributed by atoms with van der Waals surface area (Å²) in [6, 6.07) is 13.9. The Kier molecular flexibility index (Phi) is 6.56. The Bertz CT molecular complexity index is 857. The highest BCUT2D eigenvalue weighted by atomic mass is 32.2. The molecule has 0 aromatic heterocycles. The second kappa shape index (κ2) is 8.47. The van der Waals surface area contributed by atoms with Crippen LogP contribution in [0.3, 0.4) is 0 Å². The van der Waals surface area contributed by atoms with Crippen molar-refractivity contribution in [3.8, 4) is 0 Å². The summed E-state index contributed by atoms with van der Waals surface area (Å²) in [5.74, 6) is -0.145. The summed E-state index contributed by atoms with van der Waals surface area (Å²) in [4.78, 5) is 14.8. The van der Waals surface area contributed by atoms with Gasteiger partial charge in [-0.2, -0.15) is 4.31 Å². The molecule has 26 heavy (non-hydrogen) atoms. The van der Waals surface area contributed by atoms with Gasteiger partial charge in [0, 0.05) is 30.9 Å². The molecular weight excluding hydrogens is 348 g/mol. The topological polar surface area (TPSA) is 57.7 Å². The fourth-order valence-electron chi connectivity index (χ4n) is 2.93. The second-order valence-corrected chi connectivity index (χ2v) is 7.89. The van der Waals surface area contributed by atoms with Crippen molar-refractivity contribution in [2.75, 3.05) is 24.5 Å². The van der Waals surface area contributed by atoms with Crippen molar-refractivity contribution >= 4 is 21.6 Å². The first-order valence-corrected chi connectivity index (χ1v) is 10.3. The van der Waals surface area contributed by atoms with Crippen LogP contribution in [0, 0.1) is 6.92 Å². The van der Waals surface area contributed by atoms with E-state index in [0.29, 0.717) is 25.2 Å². The molecule has 6 heteroatoms. The van der Waals surface area contributed by atoms with Crippen LogP contribution in [0.15, 0.2) is 53.4 Å². The molecule has 0 fully saturated rings. The van der Waals surface area contributed by atoms with Gasteiger partial charge in [-0.3, -0.25) is 4.79 Å². The molecule has 5 nitrogen and oxygen atoms in total. The lowest BCUT2D eigenvalue weighted by molar-refractivity contribution is 0.0988. The van der Waals surface area contributed by atoms with E-state index in [1.54, 1.807) is 30.9 Å². The van der Waals surface area contributed by atoms with Crippen LogP contribution in [-0.2, 0) is 10.0 Å². The maximum absolute atomic E-state index is 12.9. The molecule has 0 saturated carbocycles. The first-order valence-electron chi connectivity index (χ1n) is 8.84. The van der Waals surface area contributed by atoms with Crippen LogP contribution in [0.4, 0.5) is 5.69 Å². The minimum Gasteiger partial charge on any atom is -0.308 e. The third-order valence-electron chi connectivity index (χ3n) is 4.41. The van der Waals surface area contributed by atoms with Crippen LogP contribution in [0.25, 0.3) is 0 Å². The third-order valence-corrected chi connectivity index (χ3v) is 6.48. The van der Waals surface area contributed by atoms with Gasteiger partial charge in [0.1, 0.15) is 0 Å². The van der Waals surface area contributed by atoms with Gasteiger partial charge in [-0.15, -0.1) is 0 Å². The molecule has 0 saturated heterocycles. The number of rotatable bonds is 7. The molecule has 0 N–H and O–H groups in total. The number of amides is 1. The number of benzene rings is 2. The number of hydrogen-bond acceptors (Lipinski definition) is 3. The van der Waals surface area contributed by atoms with Crippen molar-refractivity contribution in [2.45, 2.75) is 32.6 Å². The van der Waals surface area contributed by atoms with Crippen LogP contribution >= 0.6 is 0 Å². The maximum atomic E-state index is 12.9. The molecule has 1 amide bonds. The van der Waals surface area contributed by atoms with Crippen LogP contribution < -0.4 is 4.90 Å². The lowest BCUT2D eigenvalue weighted by atomic mass is 10.1. The molecule has 0 unspecified atom stereocenters. The summed E-state index contributed by atoms with van der Waals surface area (Å²) in [6.07, 6.45) is 0. The summed E-state index contributed by atoms with van der Waals surface area (Å²) >= 11 is 0. The van der Waals surface area contributed by atoms with Crippen molar-refractivity contribution in [2.24, 2.45) is 0 Å². The van der Waals surface area contributed by atoms with E-state index in [1.165, 1.54) is 16.4 Å². The average Bonchev–Trinajstić information content (AvgIpc) is 2.64. The molecule has 0 radical (unpaired) electrons. The quantitative estimate of drug-likeness (QED) is 0.743. The summed E-state index contributed by atoms with van der Waals surface area (Å²) in [5, 5.41) is 0. The largest absolute Gasteiger partial charge is 0.308 e. The average molecular weight is 375 g/mol. The smallest absolute Gasteiger partial charge is 0.258 e. The first-order chi connectivity index (χ1) is 12.4. The van der Waals surface area contributed by atoms with Gasteiger partial charge in [-0.05, 0) is 49.7 Å². The van der Waals surface area contributed by atoms with Gasteiger partial charge in [-0.25, -0.2) is 8.42 Å². The van der Waals surface area contributed by atoms with Crippen LogP contribution in [0.1, 0.15) is 36.7 Å². The fourth-order valence-corrected chi connectivity index (χ4v) is 4.39. The van der Waals surface area contributed by atoms with Crippen molar-refractivity contribution < 1.29 is 13.2 Å². The number of para-hydroxylation sites is 1. The SMILES string of the molecule is CCN(C(=O)c1ccc(S(=O)(=O)N(CC)CC)cc1)c1ccccc1C. The van der Waals surface area contributed by atoms with E-state index in [9.17, 15) is 13.2 Å². The molecule has 0 aliphatic rings. The van der Waals surface area contributed by atoms with Crippen LogP contribution in [0.2, 0.25) is 0 Å². The number of anilines is 1. The van der Waals surface area contributed by atoms with Gasteiger partial charge in [0.05, 0.1) is 4.90 Å². The molecule has 0 aliphatic heterocycles. The number of carbonyl (C=O) groups is 1. The van der Waals surface area contributed by atoms with Gasteiger partial charge in [0.2, 0.25) is 10.0 Å². The van der Waals surface area contributed by atoms with Crippen molar-refractivity contribution in [1.29, 1.82) is 0 Å². The Hall–Kier alpha value is -2.18. The molecule has 2 aromatic rings. The lowest BCUT2D eigenvalue weighted by Gasteiger charge is -2.23. The lowest BCUT2D eigenvalue weighted by Crippen LogP contribution is -2.32. The third kappa shape index (κ3) is 3.97. The van der Waals surface area contributed by atoms with E-state index in [4.69, 9.17) is 0 Å². The van der Waals surface area contributed by atoms with Gasteiger partial charge in [-0.1, -0.05) is 32.0 Å². The number of sulfonamides is 1. The summed E-state index contributed by atoms with van der Waals surface area (Å²) in [6.45, 7) is 8.85. The number of nitrogens with zero attached hydrogens (tertiary/aromatic N) is 2. The van der Waals surface area contributed by atoms with E-state index < -0.39 is 10.0 Å². The summed E-state index contributed by atoms with van der Waals surface area (Å²) in [5.41, 5.74) is 2.34. The van der Waals surface area contributed by atoms with E-state index >= 15 is 0 Å². The Morgan fingerprint density at radius 1 is 0.885 bits per heavy atom. The minimum absolute atomic E-state index is 0.145. The van der Waals surface area contributed by atoms with E-state index in [2.05, 4.69) is 0 Å². The van der Waals surface area contributed by atoms with Gasteiger partial charge in [0.25, 0.3) is 5.91 Å². The highest BCUT2D eigenvalue weighted by molar-refractivity contribution is 7.89. The zero-order valence-corrected chi connectivity index (χ0v) is 16.6.